The Morgan fingerprint density at radius 2 is 1.57 bits per heavy atom. The van der Waals surface area contributed by atoms with E-state index in [2.05, 4.69) is 10.6 Å². The maximum atomic E-state index is 13.5. The summed E-state index contributed by atoms with van der Waals surface area (Å²) in [7, 11) is 0. The molecule has 0 heterocycles. The molecule has 0 aromatic heterocycles. The second-order valence-electron chi connectivity index (χ2n) is 4.71. The van der Waals surface area contributed by atoms with Gasteiger partial charge in [0, 0.05) is 11.8 Å². The Labute approximate surface area is 128 Å². The fourth-order valence-corrected chi connectivity index (χ4v) is 1.76. The molecule has 2 aromatic carbocycles. The zero-order chi connectivity index (χ0) is 17.1. The number of rotatable bonds is 4. The Morgan fingerprint density at radius 1 is 0.913 bits per heavy atom. The van der Waals surface area contributed by atoms with Crippen molar-refractivity contribution in [3.63, 3.8) is 0 Å². The van der Waals surface area contributed by atoms with E-state index in [1.165, 1.54) is 13.0 Å². The van der Waals surface area contributed by atoms with E-state index in [0.717, 1.165) is 18.2 Å². The average molecular weight is 330 g/mol. The van der Waals surface area contributed by atoms with Crippen LogP contribution in [0.2, 0.25) is 0 Å². The van der Waals surface area contributed by atoms with Crippen LogP contribution in [0.3, 0.4) is 0 Å². The first-order valence-electron chi connectivity index (χ1n) is 6.45. The van der Waals surface area contributed by atoms with Crippen LogP contribution >= 0.6 is 0 Å². The SMILES string of the molecule is CC(Nc1ccc(F)c(F)c1)C(=O)Nc1ccc(F)c(F)c1F. The number of carbonyl (C=O) groups is 1. The van der Waals surface area contributed by atoms with Gasteiger partial charge in [-0.05, 0) is 31.2 Å². The van der Waals surface area contributed by atoms with Crippen molar-refractivity contribution in [1.82, 2.24) is 0 Å². The normalized spacial score (nSPS) is 11.9. The molecule has 0 aliphatic rings. The molecule has 8 heteroatoms. The first kappa shape index (κ1) is 16.7. The minimum atomic E-state index is -1.70. The Bertz CT molecular complexity index is 751. The van der Waals surface area contributed by atoms with Gasteiger partial charge in [-0.25, -0.2) is 22.0 Å². The van der Waals surface area contributed by atoms with Crippen LogP contribution in [0, 0.1) is 29.1 Å². The van der Waals surface area contributed by atoms with E-state index in [-0.39, 0.29) is 5.69 Å². The van der Waals surface area contributed by atoms with Crippen LogP contribution in [0.15, 0.2) is 30.3 Å². The van der Waals surface area contributed by atoms with Gasteiger partial charge < -0.3 is 10.6 Å². The minimum absolute atomic E-state index is 0.123. The number of hydrogen-bond donors (Lipinski definition) is 2. The van der Waals surface area contributed by atoms with Crippen LogP contribution in [0.4, 0.5) is 33.3 Å². The Morgan fingerprint density at radius 3 is 2.22 bits per heavy atom. The summed E-state index contributed by atoms with van der Waals surface area (Å²) in [5.41, 5.74) is -0.412. The molecule has 0 aliphatic heterocycles. The predicted molar refractivity (Wildman–Crippen MR) is 74.4 cm³/mol. The average Bonchev–Trinajstić information content (AvgIpc) is 2.51. The minimum Gasteiger partial charge on any atom is -0.374 e. The summed E-state index contributed by atoms with van der Waals surface area (Å²) in [4.78, 5) is 11.9. The lowest BCUT2D eigenvalue weighted by Crippen LogP contribution is -2.32. The lowest BCUT2D eigenvalue weighted by Gasteiger charge is -2.16. The first-order chi connectivity index (χ1) is 10.8. The molecule has 0 aliphatic carbocycles. The largest absolute Gasteiger partial charge is 0.374 e. The fraction of sp³-hybridized carbons (Fsp3) is 0.133. The molecule has 0 spiro atoms. The van der Waals surface area contributed by atoms with Crippen LogP contribution < -0.4 is 10.6 Å². The Hall–Kier alpha value is -2.64. The van der Waals surface area contributed by atoms with E-state index in [1.807, 2.05) is 0 Å². The molecular formula is C15H11F5N2O. The van der Waals surface area contributed by atoms with E-state index in [4.69, 9.17) is 0 Å². The molecule has 0 saturated carbocycles. The highest BCUT2D eigenvalue weighted by atomic mass is 19.2. The van der Waals surface area contributed by atoms with Crippen molar-refractivity contribution < 1.29 is 26.7 Å². The topological polar surface area (TPSA) is 41.1 Å². The van der Waals surface area contributed by atoms with E-state index in [1.54, 1.807) is 0 Å². The Kier molecular flexibility index (Phi) is 4.83. The van der Waals surface area contributed by atoms with Gasteiger partial charge in [0.05, 0.1) is 5.69 Å². The first-order valence-corrected chi connectivity index (χ1v) is 6.45. The van der Waals surface area contributed by atoms with E-state index >= 15 is 0 Å². The molecule has 0 radical (unpaired) electrons. The lowest BCUT2D eigenvalue weighted by molar-refractivity contribution is -0.116. The number of amides is 1. The molecule has 23 heavy (non-hydrogen) atoms. The molecule has 0 saturated heterocycles. The summed E-state index contributed by atoms with van der Waals surface area (Å²) >= 11 is 0. The molecule has 2 N–H and O–H groups in total. The third-order valence-electron chi connectivity index (χ3n) is 2.99. The van der Waals surface area contributed by atoms with Gasteiger partial charge in [-0.1, -0.05) is 0 Å². The molecule has 1 amide bonds. The van der Waals surface area contributed by atoms with Crippen LogP contribution in [-0.2, 0) is 4.79 Å². The summed E-state index contributed by atoms with van der Waals surface area (Å²) < 4.78 is 65.2. The van der Waals surface area contributed by atoms with Gasteiger partial charge in [0.15, 0.2) is 29.1 Å². The van der Waals surface area contributed by atoms with Gasteiger partial charge in [0.25, 0.3) is 0 Å². The van der Waals surface area contributed by atoms with Gasteiger partial charge in [-0.3, -0.25) is 4.79 Å². The second-order valence-corrected chi connectivity index (χ2v) is 4.71. The molecule has 0 bridgehead atoms. The van der Waals surface area contributed by atoms with E-state index in [9.17, 15) is 26.7 Å². The summed E-state index contributed by atoms with van der Waals surface area (Å²) in [6, 6.07) is 3.49. The number of benzene rings is 2. The third kappa shape index (κ3) is 3.77. The summed E-state index contributed by atoms with van der Waals surface area (Å²) in [6.45, 7) is 1.37. The lowest BCUT2D eigenvalue weighted by atomic mass is 10.2. The maximum absolute atomic E-state index is 13.5. The van der Waals surface area contributed by atoms with Gasteiger partial charge >= 0.3 is 0 Å². The standard InChI is InChI=1S/C15H11F5N2O/c1-7(21-8-2-3-9(16)11(18)6-8)15(23)22-12-5-4-10(17)13(19)14(12)20/h2-7,21H,1H3,(H,22,23). The number of halogens is 5. The maximum Gasteiger partial charge on any atom is 0.246 e. The molecule has 1 unspecified atom stereocenters. The molecule has 1 atom stereocenters. The Balaban J connectivity index is 2.08. The monoisotopic (exact) mass is 330 g/mol. The number of anilines is 2. The summed E-state index contributed by atoms with van der Waals surface area (Å²) in [5, 5.41) is 4.64. The fourth-order valence-electron chi connectivity index (χ4n) is 1.76. The molecule has 2 aromatic rings. The van der Waals surface area contributed by atoms with Crippen molar-refractivity contribution in [1.29, 1.82) is 0 Å². The van der Waals surface area contributed by atoms with Crippen molar-refractivity contribution >= 4 is 17.3 Å². The predicted octanol–water partition coefficient (Wildman–Crippen LogP) is 3.82. The van der Waals surface area contributed by atoms with Gasteiger partial charge in [-0.2, -0.15) is 0 Å². The van der Waals surface area contributed by atoms with E-state index < -0.39 is 46.7 Å². The van der Waals surface area contributed by atoms with Gasteiger partial charge in [-0.15, -0.1) is 0 Å². The number of hydrogen-bond acceptors (Lipinski definition) is 2. The summed E-state index contributed by atoms with van der Waals surface area (Å²) in [6.07, 6.45) is 0. The summed E-state index contributed by atoms with van der Waals surface area (Å²) in [5.74, 6) is -7.54. The quantitative estimate of drug-likeness (QED) is 0.661. The van der Waals surface area contributed by atoms with Gasteiger partial charge in [0.1, 0.15) is 6.04 Å². The van der Waals surface area contributed by atoms with Crippen molar-refractivity contribution in [3.8, 4) is 0 Å². The molecule has 0 fully saturated rings. The highest BCUT2D eigenvalue weighted by Gasteiger charge is 2.18. The van der Waals surface area contributed by atoms with Crippen LogP contribution in [0.5, 0.6) is 0 Å². The highest BCUT2D eigenvalue weighted by molar-refractivity contribution is 5.96. The van der Waals surface area contributed by atoms with Gasteiger partial charge in [0.2, 0.25) is 5.91 Å². The van der Waals surface area contributed by atoms with Crippen molar-refractivity contribution in [2.24, 2.45) is 0 Å². The smallest absolute Gasteiger partial charge is 0.246 e. The van der Waals surface area contributed by atoms with E-state index in [0.29, 0.717) is 6.07 Å². The van der Waals surface area contributed by atoms with Crippen molar-refractivity contribution in [2.75, 3.05) is 10.6 Å². The van der Waals surface area contributed by atoms with Crippen molar-refractivity contribution in [3.05, 3.63) is 59.4 Å². The molecule has 3 nitrogen and oxygen atoms in total. The molecular weight excluding hydrogens is 319 g/mol. The molecule has 2 rings (SSSR count). The van der Waals surface area contributed by atoms with Crippen LogP contribution in [-0.4, -0.2) is 11.9 Å². The number of nitrogens with one attached hydrogen (secondary N) is 2. The van der Waals surface area contributed by atoms with Crippen LogP contribution in [0.25, 0.3) is 0 Å². The second kappa shape index (κ2) is 6.64. The molecule has 122 valence electrons. The highest BCUT2D eigenvalue weighted by Crippen LogP contribution is 2.20. The zero-order valence-electron chi connectivity index (χ0n) is 11.8. The number of carbonyl (C=O) groups excluding carboxylic acids is 1. The zero-order valence-corrected chi connectivity index (χ0v) is 11.8. The third-order valence-corrected chi connectivity index (χ3v) is 2.99. The van der Waals surface area contributed by atoms with Crippen LogP contribution in [0.1, 0.15) is 6.92 Å². The van der Waals surface area contributed by atoms with Crippen molar-refractivity contribution in [2.45, 2.75) is 13.0 Å².